The monoisotopic (exact) mass is 527 g/mol. The van der Waals surface area contributed by atoms with E-state index in [9.17, 15) is 4.79 Å². The zero-order chi connectivity index (χ0) is 27.9. The van der Waals surface area contributed by atoms with Gasteiger partial charge in [0.1, 0.15) is 5.82 Å². The lowest BCUT2D eigenvalue weighted by Gasteiger charge is -2.44. The Morgan fingerprint density at radius 3 is 1.95 bits per heavy atom. The maximum Gasteiger partial charge on any atom is 0.261 e. The van der Waals surface area contributed by atoms with E-state index in [0.717, 1.165) is 11.1 Å². The molecule has 200 valence electrons. The predicted molar refractivity (Wildman–Crippen MR) is 161 cm³/mol. The Bertz CT molecular complexity index is 1450. The van der Waals surface area contributed by atoms with Crippen LogP contribution in [-0.4, -0.2) is 24.5 Å². The van der Waals surface area contributed by atoms with Crippen molar-refractivity contribution in [3.05, 3.63) is 100 Å². The first kappa shape index (κ1) is 28.0. The van der Waals surface area contributed by atoms with Crippen LogP contribution in [0.25, 0.3) is 10.9 Å². The van der Waals surface area contributed by atoms with Gasteiger partial charge in [0.15, 0.2) is 0 Å². The van der Waals surface area contributed by atoms with Crippen LogP contribution < -0.4 is 21.7 Å². The molecule has 0 saturated carbocycles. The highest BCUT2D eigenvalue weighted by Gasteiger charge is 2.51. The van der Waals surface area contributed by atoms with Gasteiger partial charge in [0.2, 0.25) is 0 Å². The number of nitrogens with two attached hydrogens (primary N) is 1. The van der Waals surface area contributed by atoms with Gasteiger partial charge in [-0.05, 0) is 46.5 Å². The summed E-state index contributed by atoms with van der Waals surface area (Å²) in [6.45, 7) is 15.4. The average Bonchev–Trinajstić information content (AvgIpc) is 2.86. The smallest absolute Gasteiger partial charge is 0.261 e. The Kier molecular flexibility index (Phi) is 7.54. The van der Waals surface area contributed by atoms with Crippen LogP contribution in [-0.2, 0) is 16.9 Å². The number of rotatable bonds is 7. The van der Waals surface area contributed by atoms with Crippen LogP contribution in [0.3, 0.4) is 0 Å². The van der Waals surface area contributed by atoms with Gasteiger partial charge in [0, 0.05) is 25.1 Å². The number of aryl methyl sites for hydroxylation is 1. The molecule has 1 aromatic heterocycles. The molecular formula is C32H41N3O2Si. The maximum atomic E-state index is 13.6. The van der Waals surface area contributed by atoms with Crippen molar-refractivity contribution in [3.8, 4) is 0 Å². The van der Waals surface area contributed by atoms with Gasteiger partial charge in [-0.3, -0.25) is 9.36 Å². The first-order valence-corrected chi connectivity index (χ1v) is 15.2. The standard InChI is InChI=1S/C32H41N3O2Si/c1-22-19-26(23(2)33)28-27(20-22)29(36)35(8)30(34-28)32(6,7)21-37-38(31(3,4)5,24-15-11-9-12-16-24)25-17-13-10-14-18-25/h9-20,23H,21,33H2,1-8H3. The molecule has 0 fully saturated rings. The lowest BCUT2D eigenvalue weighted by Crippen LogP contribution is -2.67. The molecule has 0 spiro atoms. The van der Waals surface area contributed by atoms with Crippen molar-refractivity contribution >= 4 is 29.6 Å². The van der Waals surface area contributed by atoms with Gasteiger partial charge < -0.3 is 10.2 Å². The largest absolute Gasteiger partial charge is 0.406 e. The van der Waals surface area contributed by atoms with Crippen LogP contribution in [0.5, 0.6) is 0 Å². The van der Waals surface area contributed by atoms with E-state index in [1.54, 1.807) is 4.57 Å². The summed E-state index contributed by atoms with van der Waals surface area (Å²) in [6.07, 6.45) is 0. The molecule has 2 N–H and O–H groups in total. The molecule has 4 aromatic rings. The van der Waals surface area contributed by atoms with E-state index >= 15 is 0 Å². The molecule has 0 radical (unpaired) electrons. The zero-order valence-electron chi connectivity index (χ0n) is 24.0. The van der Waals surface area contributed by atoms with Crippen LogP contribution in [0.15, 0.2) is 77.6 Å². The van der Waals surface area contributed by atoms with Gasteiger partial charge in [0.25, 0.3) is 13.9 Å². The Morgan fingerprint density at radius 2 is 1.47 bits per heavy atom. The molecule has 0 bridgehead atoms. The molecule has 1 heterocycles. The van der Waals surface area contributed by atoms with E-state index < -0.39 is 13.7 Å². The van der Waals surface area contributed by atoms with E-state index in [1.807, 2.05) is 45.2 Å². The number of aromatic nitrogens is 2. The van der Waals surface area contributed by atoms with Crippen LogP contribution in [0.2, 0.25) is 5.04 Å². The minimum Gasteiger partial charge on any atom is -0.406 e. The Balaban J connectivity index is 1.87. The number of fused-ring (bicyclic) bond motifs is 1. The summed E-state index contributed by atoms with van der Waals surface area (Å²) in [6, 6.07) is 24.9. The van der Waals surface area contributed by atoms with Crippen molar-refractivity contribution in [3.63, 3.8) is 0 Å². The lowest BCUT2D eigenvalue weighted by molar-refractivity contribution is 0.216. The zero-order valence-corrected chi connectivity index (χ0v) is 25.0. The number of nitrogens with zero attached hydrogens (tertiary/aromatic N) is 2. The fraction of sp³-hybridized carbons (Fsp3) is 0.375. The first-order valence-electron chi connectivity index (χ1n) is 13.3. The van der Waals surface area contributed by atoms with Gasteiger partial charge in [-0.2, -0.15) is 0 Å². The van der Waals surface area contributed by atoms with E-state index in [4.69, 9.17) is 15.1 Å². The quantitative estimate of drug-likeness (QED) is 0.339. The number of hydrogen-bond donors (Lipinski definition) is 1. The van der Waals surface area contributed by atoms with Crippen molar-refractivity contribution < 1.29 is 4.43 Å². The Morgan fingerprint density at radius 1 is 0.947 bits per heavy atom. The van der Waals surface area contributed by atoms with Crippen LogP contribution in [0.4, 0.5) is 0 Å². The molecule has 0 aliphatic heterocycles. The highest BCUT2D eigenvalue weighted by molar-refractivity contribution is 6.99. The van der Waals surface area contributed by atoms with E-state index in [1.165, 1.54) is 10.4 Å². The molecule has 0 saturated heterocycles. The summed E-state index contributed by atoms with van der Waals surface area (Å²) in [5, 5.41) is 2.91. The van der Waals surface area contributed by atoms with Gasteiger partial charge in [-0.25, -0.2) is 4.98 Å². The van der Waals surface area contributed by atoms with E-state index in [2.05, 4.69) is 83.1 Å². The van der Waals surface area contributed by atoms with E-state index in [-0.39, 0.29) is 16.6 Å². The molecule has 3 aromatic carbocycles. The molecule has 6 heteroatoms. The maximum absolute atomic E-state index is 13.6. The van der Waals surface area contributed by atoms with Crippen molar-refractivity contribution in [1.29, 1.82) is 0 Å². The Labute approximate surface area is 227 Å². The molecule has 5 nitrogen and oxygen atoms in total. The predicted octanol–water partition coefficient (Wildman–Crippen LogP) is 5.12. The second kappa shape index (κ2) is 10.2. The SMILES string of the molecule is Cc1cc(C(C)N)c2nc(C(C)(C)CO[Si](c3ccccc3)(c3ccccc3)C(C)(C)C)n(C)c(=O)c2c1. The normalized spacial score (nSPS) is 13.6. The molecule has 0 amide bonds. The van der Waals surface area contributed by atoms with Gasteiger partial charge in [-0.1, -0.05) is 101 Å². The highest BCUT2D eigenvalue weighted by atomic mass is 28.4. The molecule has 0 aliphatic carbocycles. The van der Waals surface area contributed by atoms with Crippen molar-refractivity contribution in [2.75, 3.05) is 6.61 Å². The summed E-state index contributed by atoms with van der Waals surface area (Å²) >= 11 is 0. The molecule has 0 aliphatic rings. The Hall–Kier alpha value is -3.06. The minimum absolute atomic E-state index is 0.0610. The van der Waals surface area contributed by atoms with Crippen molar-refractivity contribution in [2.24, 2.45) is 12.8 Å². The molecular weight excluding hydrogens is 486 g/mol. The third kappa shape index (κ3) is 4.88. The topological polar surface area (TPSA) is 70.1 Å². The fourth-order valence-corrected chi connectivity index (χ4v) is 10.4. The van der Waals surface area contributed by atoms with Crippen molar-refractivity contribution in [2.45, 2.75) is 65.0 Å². The first-order chi connectivity index (χ1) is 17.8. The average molecular weight is 528 g/mol. The summed E-state index contributed by atoms with van der Waals surface area (Å²) < 4.78 is 8.93. The van der Waals surface area contributed by atoms with Crippen molar-refractivity contribution in [1.82, 2.24) is 9.55 Å². The molecule has 1 unspecified atom stereocenters. The third-order valence-corrected chi connectivity index (χ3v) is 12.5. The molecule has 4 rings (SSSR count). The summed E-state index contributed by atoms with van der Waals surface area (Å²) in [5.41, 5.74) is 8.29. The summed E-state index contributed by atoms with van der Waals surface area (Å²) in [4.78, 5) is 18.7. The van der Waals surface area contributed by atoms with Gasteiger partial charge >= 0.3 is 0 Å². The second-order valence-electron chi connectivity index (χ2n) is 12.2. The third-order valence-electron chi connectivity index (χ3n) is 7.52. The minimum atomic E-state index is -2.75. The van der Waals surface area contributed by atoms with Gasteiger partial charge in [0.05, 0.1) is 10.9 Å². The molecule has 38 heavy (non-hydrogen) atoms. The second-order valence-corrected chi connectivity index (χ2v) is 16.5. The highest BCUT2D eigenvalue weighted by Crippen LogP contribution is 2.38. The summed E-state index contributed by atoms with van der Waals surface area (Å²) in [5.74, 6) is 0.693. The van der Waals surface area contributed by atoms with Crippen LogP contribution in [0.1, 0.15) is 64.5 Å². The number of benzene rings is 3. The van der Waals surface area contributed by atoms with Crippen LogP contribution in [0, 0.1) is 6.92 Å². The summed E-state index contributed by atoms with van der Waals surface area (Å²) in [7, 11) is -0.940. The van der Waals surface area contributed by atoms with Crippen LogP contribution >= 0.6 is 0 Å². The molecule has 1 atom stereocenters. The van der Waals surface area contributed by atoms with Gasteiger partial charge in [-0.15, -0.1) is 0 Å². The lowest BCUT2D eigenvalue weighted by atomic mass is 9.92. The van der Waals surface area contributed by atoms with E-state index in [0.29, 0.717) is 23.3 Å². The fourth-order valence-electron chi connectivity index (χ4n) is 5.62. The number of hydrogen-bond acceptors (Lipinski definition) is 4.